The Labute approximate surface area is 180 Å². The summed E-state index contributed by atoms with van der Waals surface area (Å²) in [4.78, 5) is 32.6. The molecule has 0 saturated heterocycles. The quantitative estimate of drug-likeness (QED) is 0.183. The number of esters is 1. The molecule has 0 spiro atoms. The van der Waals surface area contributed by atoms with Crippen LogP contribution in [0.1, 0.15) is 15.9 Å². The van der Waals surface area contributed by atoms with Gasteiger partial charge in [-0.2, -0.15) is 5.10 Å². The summed E-state index contributed by atoms with van der Waals surface area (Å²) < 4.78 is 5.27. The minimum Gasteiger partial charge on any atom is -0.423 e. The fraction of sp³-hybridized carbons (Fsp3) is 0. The number of hydrogen-bond donors (Lipinski definition) is 1. The molecule has 0 aromatic heterocycles. The molecule has 0 bridgehead atoms. The average Bonchev–Trinajstić information content (AvgIpc) is 2.75. The molecule has 0 fully saturated rings. The van der Waals surface area contributed by atoms with E-state index in [0.717, 1.165) is 12.1 Å². The normalized spacial score (nSPS) is 10.6. The highest BCUT2D eigenvalue weighted by molar-refractivity contribution is 6.33. The number of nitrogens with one attached hydrogen (secondary N) is 1. The van der Waals surface area contributed by atoms with Gasteiger partial charge in [-0.05, 0) is 48.0 Å². The Morgan fingerprint density at radius 3 is 2.35 bits per heavy atom. The van der Waals surface area contributed by atoms with Crippen LogP contribution in [-0.4, -0.2) is 22.0 Å². The predicted octanol–water partition coefficient (Wildman–Crippen LogP) is 4.82. The van der Waals surface area contributed by atoms with Crippen molar-refractivity contribution in [1.29, 1.82) is 0 Å². The highest BCUT2D eigenvalue weighted by Gasteiger charge is 2.19. The van der Waals surface area contributed by atoms with Crippen LogP contribution in [0.15, 0.2) is 71.8 Å². The van der Waals surface area contributed by atoms with Gasteiger partial charge in [0.15, 0.2) is 0 Å². The number of hydrogen-bond acceptors (Lipinski definition) is 8. The molecule has 0 aliphatic carbocycles. The topological polar surface area (TPSA) is 137 Å². The van der Waals surface area contributed by atoms with Gasteiger partial charge in [0, 0.05) is 6.07 Å². The molecule has 3 aromatic carbocycles. The molecular weight excluding hydrogens is 428 g/mol. The van der Waals surface area contributed by atoms with Gasteiger partial charge in [-0.15, -0.1) is 0 Å². The molecule has 0 radical (unpaired) electrons. The van der Waals surface area contributed by atoms with Crippen LogP contribution in [0.2, 0.25) is 5.02 Å². The Balaban J connectivity index is 1.66. The predicted molar refractivity (Wildman–Crippen MR) is 114 cm³/mol. The Morgan fingerprint density at radius 2 is 1.71 bits per heavy atom. The number of anilines is 1. The third-order valence-electron chi connectivity index (χ3n) is 3.97. The number of nitro groups is 2. The van der Waals surface area contributed by atoms with E-state index < -0.39 is 27.2 Å². The minimum absolute atomic E-state index is 0.00265. The van der Waals surface area contributed by atoms with E-state index in [1.165, 1.54) is 12.3 Å². The molecule has 3 aromatic rings. The third kappa shape index (κ3) is 5.40. The molecule has 31 heavy (non-hydrogen) atoms. The first-order valence-corrected chi connectivity index (χ1v) is 9.01. The van der Waals surface area contributed by atoms with E-state index in [0.29, 0.717) is 11.3 Å². The zero-order chi connectivity index (χ0) is 22.4. The van der Waals surface area contributed by atoms with Crippen LogP contribution in [0.25, 0.3) is 0 Å². The van der Waals surface area contributed by atoms with Gasteiger partial charge in [-0.3, -0.25) is 25.7 Å². The molecule has 0 aliphatic rings. The highest BCUT2D eigenvalue weighted by atomic mass is 35.5. The van der Waals surface area contributed by atoms with Crippen molar-refractivity contribution in [3.8, 4) is 5.75 Å². The average molecular weight is 441 g/mol. The summed E-state index contributed by atoms with van der Waals surface area (Å²) in [6.07, 6.45) is 1.38. The van der Waals surface area contributed by atoms with E-state index in [1.54, 1.807) is 48.5 Å². The fourth-order valence-electron chi connectivity index (χ4n) is 2.47. The monoisotopic (exact) mass is 440 g/mol. The van der Waals surface area contributed by atoms with Gasteiger partial charge in [-0.1, -0.05) is 23.7 Å². The number of rotatable bonds is 7. The third-order valence-corrected chi connectivity index (χ3v) is 4.30. The number of non-ortho nitro benzene ring substituents is 1. The Morgan fingerprint density at radius 1 is 1.00 bits per heavy atom. The minimum atomic E-state index is -0.743. The maximum atomic E-state index is 12.2. The van der Waals surface area contributed by atoms with Gasteiger partial charge in [0.05, 0.1) is 32.7 Å². The van der Waals surface area contributed by atoms with Crippen LogP contribution in [0.5, 0.6) is 5.75 Å². The molecule has 3 rings (SSSR count). The summed E-state index contributed by atoms with van der Waals surface area (Å²) in [5, 5.41) is 26.1. The molecule has 0 amide bonds. The summed E-state index contributed by atoms with van der Waals surface area (Å²) in [6.45, 7) is 0. The molecule has 0 saturated carbocycles. The summed E-state index contributed by atoms with van der Waals surface area (Å²) >= 11 is 5.97. The van der Waals surface area contributed by atoms with Gasteiger partial charge in [0.25, 0.3) is 5.69 Å². The number of hydrazone groups is 1. The first-order valence-electron chi connectivity index (χ1n) is 8.64. The lowest BCUT2D eigenvalue weighted by Gasteiger charge is -2.06. The summed E-state index contributed by atoms with van der Waals surface area (Å²) in [7, 11) is 0. The Hall–Kier alpha value is -4.31. The second-order valence-corrected chi connectivity index (χ2v) is 6.43. The van der Waals surface area contributed by atoms with Crippen molar-refractivity contribution >= 4 is 40.8 Å². The number of nitro benzene ring substituents is 2. The first-order chi connectivity index (χ1) is 14.8. The van der Waals surface area contributed by atoms with E-state index >= 15 is 0 Å². The van der Waals surface area contributed by atoms with Crippen molar-refractivity contribution < 1.29 is 19.4 Å². The maximum absolute atomic E-state index is 12.2. The van der Waals surface area contributed by atoms with Crippen LogP contribution in [0.3, 0.4) is 0 Å². The lowest BCUT2D eigenvalue weighted by Crippen LogP contribution is -2.09. The number of benzene rings is 3. The second-order valence-electron chi connectivity index (χ2n) is 6.02. The molecule has 1 N–H and O–H groups in total. The van der Waals surface area contributed by atoms with Crippen LogP contribution < -0.4 is 10.2 Å². The standard InChI is InChI=1S/C20H13ClN4O6/c21-17-4-2-1-3-16(17)20(26)31-15-8-5-13(6-9-15)12-22-23-18-10-7-14(24(27)28)11-19(18)25(29)30/h1-12,23H. The number of carbonyl (C=O) groups is 1. The van der Waals surface area contributed by atoms with Crippen LogP contribution in [-0.2, 0) is 0 Å². The van der Waals surface area contributed by atoms with Gasteiger partial charge in [-0.25, -0.2) is 4.79 Å². The number of carbonyl (C=O) groups excluding carboxylic acids is 1. The zero-order valence-corrected chi connectivity index (χ0v) is 16.4. The molecule has 10 nitrogen and oxygen atoms in total. The van der Waals surface area contributed by atoms with Gasteiger partial charge in [0.1, 0.15) is 11.4 Å². The maximum Gasteiger partial charge on any atom is 0.345 e. The van der Waals surface area contributed by atoms with Gasteiger partial charge < -0.3 is 4.74 Å². The van der Waals surface area contributed by atoms with Crippen molar-refractivity contribution in [3.05, 3.63) is 103 Å². The molecule has 0 heterocycles. The number of halogens is 1. The molecular formula is C20H13ClN4O6. The van der Waals surface area contributed by atoms with E-state index in [1.807, 2.05) is 0 Å². The van der Waals surface area contributed by atoms with Crippen LogP contribution >= 0.6 is 11.6 Å². The van der Waals surface area contributed by atoms with Crippen LogP contribution in [0, 0.1) is 20.2 Å². The molecule has 0 atom stereocenters. The number of ether oxygens (including phenoxy) is 1. The van der Waals surface area contributed by atoms with Crippen molar-refractivity contribution in [3.63, 3.8) is 0 Å². The Bertz CT molecular complexity index is 1180. The van der Waals surface area contributed by atoms with Crippen LogP contribution in [0.4, 0.5) is 17.1 Å². The molecule has 0 unspecified atom stereocenters. The van der Waals surface area contributed by atoms with E-state index in [9.17, 15) is 25.0 Å². The SMILES string of the molecule is O=C(Oc1ccc(C=NNc2ccc([N+](=O)[O-])cc2[N+](=O)[O-])cc1)c1ccccc1Cl. The molecule has 156 valence electrons. The van der Waals surface area contributed by atoms with Crippen molar-refractivity contribution in [1.82, 2.24) is 0 Å². The van der Waals surface area contributed by atoms with Gasteiger partial charge in [0.2, 0.25) is 0 Å². The Kier molecular flexibility index (Phi) is 6.53. The van der Waals surface area contributed by atoms with E-state index in [-0.39, 0.29) is 16.3 Å². The number of nitrogens with zero attached hydrogens (tertiary/aromatic N) is 3. The first kappa shape index (κ1) is 21.4. The second kappa shape index (κ2) is 9.46. The van der Waals surface area contributed by atoms with Crippen molar-refractivity contribution in [2.75, 3.05) is 5.43 Å². The zero-order valence-electron chi connectivity index (χ0n) is 15.6. The largest absolute Gasteiger partial charge is 0.423 e. The molecule has 0 aliphatic heterocycles. The molecule has 11 heteroatoms. The lowest BCUT2D eigenvalue weighted by atomic mass is 10.2. The smallest absolute Gasteiger partial charge is 0.345 e. The lowest BCUT2D eigenvalue weighted by molar-refractivity contribution is -0.393. The van der Waals surface area contributed by atoms with Crippen molar-refractivity contribution in [2.45, 2.75) is 0 Å². The summed E-state index contributed by atoms with van der Waals surface area (Å²) in [6, 6.07) is 16.0. The highest BCUT2D eigenvalue weighted by Crippen LogP contribution is 2.28. The van der Waals surface area contributed by atoms with Gasteiger partial charge >= 0.3 is 11.7 Å². The van der Waals surface area contributed by atoms with E-state index in [4.69, 9.17) is 16.3 Å². The van der Waals surface area contributed by atoms with E-state index in [2.05, 4.69) is 10.5 Å². The summed E-state index contributed by atoms with van der Waals surface area (Å²) in [5.74, 6) is -0.305. The fourth-order valence-corrected chi connectivity index (χ4v) is 2.68. The van der Waals surface area contributed by atoms with Crippen molar-refractivity contribution in [2.24, 2.45) is 5.10 Å². The summed E-state index contributed by atoms with van der Waals surface area (Å²) in [5.41, 5.74) is 2.45.